The summed E-state index contributed by atoms with van der Waals surface area (Å²) in [6.07, 6.45) is 0. The van der Waals surface area contributed by atoms with E-state index in [1.807, 2.05) is 5.38 Å². The van der Waals surface area contributed by atoms with Crippen LogP contribution in [0.3, 0.4) is 0 Å². The van der Waals surface area contributed by atoms with Gasteiger partial charge in [-0.25, -0.2) is 0 Å². The zero-order chi connectivity index (χ0) is 18.5. The lowest BCUT2D eigenvalue weighted by Gasteiger charge is -2.05. The second kappa shape index (κ2) is 8.17. The number of thiophene rings is 1. The van der Waals surface area contributed by atoms with Crippen molar-refractivity contribution < 1.29 is 14.3 Å². The zero-order valence-electron chi connectivity index (χ0n) is 14.0. The molecular formula is C20H16ClNO3S. The number of nitrogens with one attached hydrogen (secondary N) is 1. The summed E-state index contributed by atoms with van der Waals surface area (Å²) in [5.74, 6) is 0.520. The number of anilines is 1. The third kappa shape index (κ3) is 4.71. The van der Waals surface area contributed by atoms with E-state index in [-0.39, 0.29) is 11.7 Å². The molecule has 0 aliphatic rings. The SMILES string of the molecule is CC(=O)c1ccc(NC(=O)c2cc(COc3ccc(Cl)cc3)cs2)cc1. The highest BCUT2D eigenvalue weighted by Gasteiger charge is 2.10. The minimum absolute atomic E-state index is 0.00791. The molecule has 3 aromatic rings. The molecular weight excluding hydrogens is 370 g/mol. The Morgan fingerprint density at radius 3 is 2.42 bits per heavy atom. The molecule has 0 bridgehead atoms. The third-order valence-corrected chi connectivity index (χ3v) is 4.88. The molecule has 0 atom stereocenters. The van der Waals surface area contributed by atoms with E-state index in [9.17, 15) is 9.59 Å². The Morgan fingerprint density at radius 2 is 1.77 bits per heavy atom. The summed E-state index contributed by atoms with van der Waals surface area (Å²) in [7, 11) is 0. The van der Waals surface area contributed by atoms with E-state index < -0.39 is 0 Å². The van der Waals surface area contributed by atoms with Gasteiger partial charge in [0.05, 0.1) is 4.88 Å². The average Bonchev–Trinajstić information content (AvgIpc) is 3.11. The molecule has 0 saturated carbocycles. The summed E-state index contributed by atoms with van der Waals surface area (Å²) in [5.41, 5.74) is 2.18. The van der Waals surface area contributed by atoms with Crippen LogP contribution in [-0.2, 0) is 6.61 Å². The van der Waals surface area contributed by atoms with Crippen LogP contribution in [0, 0.1) is 0 Å². The van der Waals surface area contributed by atoms with Crippen molar-refractivity contribution in [2.45, 2.75) is 13.5 Å². The van der Waals surface area contributed by atoms with E-state index in [2.05, 4.69) is 5.32 Å². The summed E-state index contributed by atoms with van der Waals surface area (Å²) >= 11 is 7.20. The van der Waals surface area contributed by atoms with E-state index in [1.54, 1.807) is 54.6 Å². The van der Waals surface area contributed by atoms with Crippen LogP contribution in [0.15, 0.2) is 60.0 Å². The number of ether oxygens (including phenoxy) is 1. The molecule has 1 aromatic heterocycles. The number of hydrogen-bond donors (Lipinski definition) is 1. The number of hydrogen-bond acceptors (Lipinski definition) is 4. The quantitative estimate of drug-likeness (QED) is 0.575. The predicted octanol–water partition coefficient (Wildman–Crippen LogP) is 5.44. The summed E-state index contributed by atoms with van der Waals surface area (Å²) in [6, 6.07) is 15.7. The monoisotopic (exact) mass is 385 g/mol. The van der Waals surface area contributed by atoms with E-state index in [0.717, 1.165) is 11.3 Å². The lowest BCUT2D eigenvalue weighted by molar-refractivity contribution is 0.101. The first-order valence-electron chi connectivity index (χ1n) is 7.89. The van der Waals surface area contributed by atoms with Gasteiger partial charge in [0.25, 0.3) is 5.91 Å². The van der Waals surface area contributed by atoms with Crippen molar-refractivity contribution in [2.75, 3.05) is 5.32 Å². The van der Waals surface area contributed by atoms with E-state index >= 15 is 0 Å². The minimum Gasteiger partial charge on any atom is -0.489 e. The van der Waals surface area contributed by atoms with Crippen LogP contribution in [-0.4, -0.2) is 11.7 Å². The molecule has 0 saturated heterocycles. The van der Waals surface area contributed by atoms with Crippen LogP contribution in [0.2, 0.25) is 5.02 Å². The van der Waals surface area contributed by atoms with Crippen molar-refractivity contribution in [2.24, 2.45) is 0 Å². The van der Waals surface area contributed by atoms with Crippen molar-refractivity contribution in [3.8, 4) is 5.75 Å². The van der Waals surface area contributed by atoms with Crippen LogP contribution in [0.1, 0.15) is 32.5 Å². The summed E-state index contributed by atoms with van der Waals surface area (Å²) in [4.78, 5) is 24.2. The topological polar surface area (TPSA) is 55.4 Å². The maximum absolute atomic E-state index is 12.3. The molecule has 0 aliphatic heterocycles. The molecule has 4 nitrogen and oxygen atoms in total. The fourth-order valence-electron chi connectivity index (χ4n) is 2.25. The van der Waals surface area contributed by atoms with Gasteiger partial charge in [0.1, 0.15) is 12.4 Å². The van der Waals surface area contributed by atoms with Gasteiger partial charge in [-0.15, -0.1) is 11.3 Å². The molecule has 1 N–H and O–H groups in total. The van der Waals surface area contributed by atoms with Crippen LogP contribution in [0.5, 0.6) is 5.75 Å². The number of carbonyl (C=O) groups is 2. The van der Waals surface area contributed by atoms with Crippen molar-refractivity contribution in [3.63, 3.8) is 0 Å². The highest BCUT2D eigenvalue weighted by Crippen LogP contribution is 2.21. The van der Waals surface area contributed by atoms with Gasteiger partial charge in [-0.1, -0.05) is 11.6 Å². The maximum atomic E-state index is 12.3. The predicted molar refractivity (Wildman–Crippen MR) is 105 cm³/mol. The summed E-state index contributed by atoms with van der Waals surface area (Å²) in [6.45, 7) is 1.88. The van der Waals surface area contributed by atoms with Gasteiger partial charge >= 0.3 is 0 Å². The number of amides is 1. The van der Waals surface area contributed by atoms with Gasteiger partial charge in [-0.2, -0.15) is 0 Å². The van der Waals surface area contributed by atoms with Gasteiger partial charge in [0.2, 0.25) is 0 Å². The van der Waals surface area contributed by atoms with Crippen LogP contribution < -0.4 is 10.1 Å². The molecule has 6 heteroatoms. The molecule has 0 fully saturated rings. The molecule has 2 aromatic carbocycles. The van der Waals surface area contributed by atoms with Gasteiger partial charge in [0.15, 0.2) is 5.78 Å². The Balaban J connectivity index is 1.58. The van der Waals surface area contributed by atoms with Crippen LogP contribution in [0.4, 0.5) is 5.69 Å². The number of Topliss-reactive ketones (excluding diaryl/α,β-unsaturated/α-hetero) is 1. The van der Waals surface area contributed by atoms with Crippen LogP contribution >= 0.6 is 22.9 Å². The normalized spacial score (nSPS) is 10.4. The highest BCUT2D eigenvalue weighted by atomic mass is 35.5. The van der Waals surface area contributed by atoms with Crippen LogP contribution in [0.25, 0.3) is 0 Å². The number of halogens is 1. The smallest absolute Gasteiger partial charge is 0.265 e. The largest absolute Gasteiger partial charge is 0.489 e. The standard InChI is InChI=1S/C20H16ClNO3S/c1-13(23)15-2-6-17(7-3-15)22-20(24)19-10-14(12-26-19)11-25-18-8-4-16(21)5-9-18/h2-10,12H,11H2,1H3,(H,22,24). The van der Waals surface area contributed by atoms with Crippen molar-refractivity contribution in [1.82, 2.24) is 0 Å². The Hall–Kier alpha value is -2.63. The van der Waals surface area contributed by atoms with E-state index in [1.165, 1.54) is 18.3 Å². The molecule has 1 amide bonds. The lowest BCUT2D eigenvalue weighted by atomic mass is 10.1. The minimum atomic E-state index is -0.191. The lowest BCUT2D eigenvalue weighted by Crippen LogP contribution is -2.10. The Morgan fingerprint density at radius 1 is 1.08 bits per heavy atom. The molecule has 0 unspecified atom stereocenters. The van der Waals surface area contributed by atoms with E-state index in [0.29, 0.717) is 27.8 Å². The second-order valence-electron chi connectivity index (χ2n) is 5.65. The number of rotatable bonds is 6. The van der Waals surface area contributed by atoms with Gasteiger partial charge in [0, 0.05) is 21.8 Å². The molecule has 0 radical (unpaired) electrons. The first kappa shape index (κ1) is 18.2. The number of benzene rings is 2. The second-order valence-corrected chi connectivity index (χ2v) is 7.00. The number of ketones is 1. The molecule has 132 valence electrons. The van der Waals surface area contributed by atoms with Gasteiger partial charge < -0.3 is 10.1 Å². The maximum Gasteiger partial charge on any atom is 0.265 e. The summed E-state index contributed by atoms with van der Waals surface area (Å²) < 4.78 is 5.68. The van der Waals surface area contributed by atoms with Gasteiger partial charge in [-0.3, -0.25) is 9.59 Å². The first-order chi connectivity index (χ1) is 12.5. The first-order valence-corrected chi connectivity index (χ1v) is 9.15. The summed E-state index contributed by atoms with van der Waals surface area (Å²) in [5, 5.41) is 5.37. The Bertz CT molecular complexity index is 917. The highest BCUT2D eigenvalue weighted by molar-refractivity contribution is 7.12. The van der Waals surface area contributed by atoms with Crippen molar-refractivity contribution in [3.05, 3.63) is 81.0 Å². The van der Waals surface area contributed by atoms with Gasteiger partial charge in [-0.05, 0) is 66.9 Å². The molecule has 3 rings (SSSR count). The van der Waals surface area contributed by atoms with Crippen molar-refractivity contribution in [1.29, 1.82) is 0 Å². The average molecular weight is 386 g/mol. The Labute approximate surface area is 160 Å². The molecule has 1 heterocycles. The van der Waals surface area contributed by atoms with E-state index in [4.69, 9.17) is 16.3 Å². The molecule has 26 heavy (non-hydrogen) atoms. The fourth-order valence-corrected chi connectivity index (χ4v) is 3.17. The fraction of sp³-hybridized carbons (Fsp3) is 0.100. The number of carbonyl (C=O) groups excluding carboxylic acids is 2. The Kier molecular flexibility index (Phi) is 5.71. The molecule has 0 aliphatic carbocycles. The zero-order valence-corrected chi connectivity index (χ0v) is 15.6. The van der Waals surface area contributed by atoms with Crippen molar-refractivity contribution >= 4 is 40.3 Å². The molecule has 0 spiro atoms. The third-order valence-electron chi connectivity index (χ3n) is 3.65.